The highest BCUT2D eigenvalue weighted by Crippen LogP contribution is 2.63. The Morgan fingerprint density at radius 2 is 2.17 bits per heavy atom. The van der Waals surface area contributed by atoms with Crippen molar-refractivity contribution in [2.75, 3.05) is 13.6 Å². The van der Waals surface area contributed by atoms with E-state index in [0.29, 0.717) is 24.2 Å². The highest BCUT2D eigenvalue weighted by atomic mass is 16.5. The fourth-order valence-electron chi connectivity index (χ4n) is 5.78. The van der Waals surface area contributed by atoms with Gasteiger partial charge in [0, 0.05) is 23.6 Å². The van der Waals surface area contributed by atoms with Gasteiger partial charge in [0.1, 0.15) is 11.4 Å². The number of nitrogens with zero attached hydrogens (tertiary/aromatic N) is 1. The van der Waals surface area contributed by atoms with Gasteiger partial charge in [-0.25, -0.2) is 0 Å². The Bertz CT molecular complexity index is 764. The molecule has 1 aromatic carbocycles. The second kappa shape index (κ2) is 4.38. The molecule has 0 radical (unpaired) electrons. The first-order valence-electron chi connectivity index (χ1n) is 8.51. The number of carbonyl (C=O) groups excluding carboxylic acids is 1. The van der Waals surface area contributed by atoms with Crippen molar-refractivity contribution in [2.24, 2.45) is 0 Å². The fraction of sp³-hybridized carbons (Fsp3) is 0.611. The van der Waals surface area contributed by atoms with Gasteiger partial charge < -0.3 is 25.0 Å². The maximum absolute atomic E-state index is 12.7. The molecule has 3 N–H and O–H groups in total. The minimum absolute atomic E-state index is 0.0922. The van der Waals surface area contributed by atoms with Crippen molar-refractivity contribution in [3.63, 3.8) is 0 Å². The van der Waals surface area contributed by atoms with Crippen LogP contribution in [0.15, 0.2) is 12.1 Å². The third-order valence-electron chi connectivity index (χ3n) is 6.85. The number of carbonyl (C=O) groups is 1. The zero-order valence-corrected chi connectivity index (χ0v) is 13.5. The van der Waals surface area contributed by atoms with Crippen molar-refractivity contribution in [3.8, 4) is 5.75 Å². The van der Waals surface area contributed by atoms with Crippen LogP contribution in [0.4, 0.5) is 0 Å². The lowest BCUT2D eigenvalue weighted by atomic mass is 9.48. The summed E-state index contributed by atoms with van der Waals surface area (Å²) in [7, 11) is 1.96. The van der Waals surface area contributed by atoms with E-state index in [9.17, 15) is 20.1 Å². The Kier molecular flexibility index (Phi) is 2.71. The molecule has 24 heavy (non-hydrogen) atoms. The average molecular weight is 331 g/mol. The van der Waals surface area contributed by atoms with Gasteiger partial charge in [0.15, 0.2) is 11.9 Å². The molecule has 2 bridgehead atoms. The van der Waals surface area contributed by atoms with Crippen molar-refractivity contribution in [2.45, 2.75) is 55.1 Å². The normalized spacial score (nSPS) is 42.7. The molecule has 1 aromatic rings. The van der Waals surface area contributed by atoms with Crippen LogP contribution in [0.3, 0.4) is 0 Å². The smallest absolute Gasteiger partial charge is 0.177 e. The molecule has 1 saturated heterocycles. The van der Waals surface area contributed by atoms with E-state index < -0.39 is 23.2 Å². The Morgan fingerprint density at radius 3 is 2.92 bits per heavy atom. The molecule has 0 aromatic heterocycles. The number of hydrogen-bond acceptors (Lipinski definition) is 6. The number of ether oxygens (including phenoxy) is 1. The number of likely N-dealkylation sites (tertiary alicyclic amines) is 1. The van der Waals surface area contributed by atoms with Crippen LogP contribution in [0.25, 0.3) is 0 Å². The number of aliphatic hydroxyl groups excluding tert-OH is 2. The lowest BCUT2D eigenvalue weighted by Gasteiger charge is -2.63. The van der Waals surface area contributed by atoms with Crippen LogP contribution in [0.2, 0.25) is 0 Å². The van der Waals surface area contributed by atoms with Gasteiger partial charge in [-0.15, -0.1) is 0 Å². The number of aliphatic hydroxyl groups is 3. The summed E-state index contributed by atoms with van der Waals surface area (Å²) in [5.74, 6) is 0.382. The van der Waals surface area contributed by atoms with Gasteiger partial charge in [0.05, 0.1) is 18.1 Å². The highest BCUT2D eigenvalue weighted by Gasteiger charge is 2.75. The first-order chi connectivity index (χ1) is 11.4. The van der Waals surface area contributed by atoms with Gasteiger partial charge >= 0.3 is 0 Å². The minimum Gasteiger partial charge on any atom is -0.481 e. The Balaban J connectivity index is 1.87. The lowest BCUT2D eigenvalue weighted by Crippen LogP contribution is -2.80. The quantitative estimate of drug-likeness (QED) is 0.643. The molecule has 2 heterocycles. The summed E-state index contributed by atoms with van der Waals surface area (Å²) in [6.07, 6.45) is -0.813. The first kappa shape index (κ1) is 14.8. The Labute approximate surface area is 139 Å². The number of likely N-dealkylation sites (N-methyl/N-ethyl adjacent to an activating group) is 1. The molecule has 1 spiro atoms. The van der Waals surface area contributed by atoms with Crippen molar-refractivity contribution >= 4 is 5.78 Å². The van der Waals surface area contributed by atoms with E-state index in [4.69, 9.17) is 4.74 Å². The largest absolute Gasteiger partial charge is 0.481 e. The van der Waals surface area contributed by atoms with Gasteiger partial charge in [-0.1, -0.05) is 12.1 Å². The summed E-state index contributed by atoms with van der Waals surface area (Å²) >= 11 is 0. The fourth-order valence-corrected chi connectivity index (χ4v) is 5.78. The molecule has 5 rings (SSSR count). The predicted octanol–water partition coefficient (Wildman–Crippen LogP) is -0.497. The molecule has 1 saturated carbocycles. The van der Waals surface area contributed by atoms with Gasteiger partial charge in [-0.2, -0.15) is 0 Å². The van der Waals surface area contributed by atoms with Crippen molar-refractivity contribution < 1.29 is 24.9 Å². The third-order valence-corrected chi connectivity index (χ3v) is 6.85. The van der Waals surface area contributed by atoms with Crippen molar-refractivity contribution in [3.05, 3.63) is 28.8 Å². The second-order valence-corrected chi connectivity index (χ2v) is 7.68. The molecule has 128 valence electrons. The molecule has 2 aliphatic carbocycles. The molecule has 5 atom stereocenters. The standard InChI is InChI=1S/C18H21NO5/c1-19-5-4-17-14-9-2-3-10(8-20)15(14)24-16(17)11(21)7-13(22)18(17,23)12(19)6-9/h2-3,12-13,16,20,22-23H,4-8H2,1H3/t12-,13?,16+,17+,18+/m1/s1. The van der Waals surface area contributed by atoms with E-state index in [2.05, 4.69) is 4.90 Å². The summed E-state index contributed by atoms with van der Waals surface area (Å²) in [5.41, 5.74) is 0.211. The molecule has 6 nitrogen and oxygen atoms in total. The van der Waals surface area contributed by atoms with Crippen LogP contribution in [-0.2, 0) is 23.2 Å². The highest BCUT2D eigenvalue weighted by molar-refractivity contribution is 5.90. The van der Waals surface area contributed by atoms with Gasteiger partial charge in [-0.3, -0.25) is 4.79 Å². The Hall–Kier alpha value is -1.47. The molecule has 1 unspecified atom stereocenters. The van der Waals surface area contributed by atoms with E-state index >= 15 is 0 Å². The molecule has 4 aliphatic rings. The number of piperidine rings is 1. The molecule has 6 heteroatoms. The Morgan fingerprint density at radius 1 is 1.38 bits per heavy atom. The summed E-state index contributed by atoms with van der Waals surface area (Å²) in [5, 5.41) is 32.2. The van der Waals surface area contributed by atoms with Gasteiger partial charge in [-0.05, 0) is 32.0 Å². The molecular weight excluding hydrogens is 310 g/mol. The first-order valence-corrected chi connectivity index (χ1v) is 8.51. The molecular formula is C18H21NO5. The zero-order valence-electron chi connectivity index (χ0n) is 13.5. The number of Topliss-reactive ketones (excluding diaryl/α,β-unsaturated/α-hetero) is 1. The SMILES string of the molecule is CN1CC[C@]23c4c5ccc(CO)c4O[C@H]2C(=O)CC(O)[C@@]3(O)[C@H]1C5. The van der Waals surface area contributed by atoms with Gasteiger partial charge in [0.2, 0.25) is 0 Å². The van der Waals surface area contributed by atoms with Gasteiger partial charge in [0.25, 0.3) is 0 Å². The zero-order chi connectivity index (χ0) is 16.9. The van der Waals surface area contributed by atoms with E-state index in [1.165, 1.54) is 0 Å². The summed E-state index contributed by atoms with van der Waals surface area (Å²) in [6, 6.07) is 3.55. The average Bonchev–Trinajstić information content (AvgIpc) is 2.91. The van der Waals surface area contributed by atoms with Crippen LogP contribution in [-0.4, -0.2) is 63.4 Å². The maximum atomic E-state index is 12.7. The van der Waals surface area contributed by atoms with E-state index in [1.807, 2.05) is 19.2 Å². The summed E-state index contributed by atoms with van der Waals surface area (Å²) in [6.45, 7) is 0.555. The predicted molar refractivity (Wildman–Crippen MR) is 83.8 cm³/mol. The summed E-state index contributed by atoms with van der Waals surface area (Å²) < 4.78 is 6.06. The minimum atomic E-state index is -1.41. The van der Waals surface area contributed by atoms with E-state index in [0.717, 1.165) is 17.7 Å². The molecule has 0 amide bonds. The monoisotopic (exact) mass is 331 g/mol. The van der Waals surface area contributed by atoms with Crippen LogP contribution in [0.5, 0.6) is 5.75 Å². The van der Waals surface area contributed by atoms with Crippen molar-refractivity contribution in [1.82, 2.24) is 4.90 Å². The van der Waals surface area contributed by atoms with E-state index in [-0.39, 0.29) is 24.9 Å². The third kappa shape index (κ3) is 1.34. The topological polar surface area (TPSA) is 90.2 Å². The maximum Gasteiger partial charge on any atom is 0.177 e. The van der Waals surface area contributed by atoms with Crippen LogP contribution < -0.4 is 4.74 Å². The van der Waals surface area contributed by atoms with Crippen LogP contribution >= 0.6 is 0 Å². The van der Waals surface area contributed by atoms with Crippen molar-refractivity contribution in [1.29, 1.82) is 0 Å². The van der Waals surface area contributed by atoms with Crippen LogP contribution in [0.1, 0.15) is 29.5 Å². The molecule has 2 fully saturated rings. The summed E-state index contributed by atoms with van der Waals surface area (Å²) in [4.78, 5) is 14.8. The van der Waals surface area contributed by atoms with Crippen LogP contribution in [0, 0.1) is 0 Å². The number of ketones is 1. The number of benzene rings is 1. The number of rotatable bonds is 1. The second-order valence-electron chi connectivity index (χ2n) is 7.68. The lowest BCUT2D eigenvalue weighted by molar-refractivity contribution is -0.226. The number of hydrogen-bond donors (Lipinski definition) is 3. The van der Waals surface area contributed by atoms with E-state index in [1.54, 1.807) is 0 Å². The molecule has 2 aliphatic heterocycles.